The van der Waals surface area contributed by atoms with Gasteiger partial charge in [0.25, 0.3) is 0 Å². The van der Waals surface area contributed by atoms with E-state index in [2.05, 4.69) is 5.32 Å². The lowest BCUT2D eigenvalue weighted by atomic mass is 10.1. The Balaban J connectivity index is 2.75. The smallest absolute Gasteiger partial charge is 0.391 e. The quantitative estimate of drug-likeness (QED) is 0.645. The summed E-state index contributed by atoms with van der Waals surface area (Å²) in [5, 5.41) is 2.69. The first-order valence-corrected chi connectivity index (χ1v) is 5.43. The van der Waals surface area contributed by atoms with Gasteiger partial charge in [0.15, 0.2) is 5.78 Å². The second kappa shape index (κ2) is 5.29. The molecule has 0 aliphatic heterocycles. The third kappa shape index (κ3) is 4.27. The fourth-order valence-electron chi connectivity index (χ4n) is 1.66. The van der Waals surface area contributed by atoms with Gasteiger partial charge in [-0.05, 0) is 32.0 Å². The van der Waals surface area contributed by atoms with Crippen molar-refractivity contribution >= 4 is 17.2 Å². The number of halogens is 3. The van der Waals surface area contributed by atoms with Crippen LogP contribution >= 0.6 is 0 Å². The Kier molecular flexibility index (Phi) is 4.21. The van der Waals surface area contributed by atoms with E-state index < -0.39 is 18.6 Å². The number of rotatable bonds is 4. The molecule has 3 N–H and O–H groups in total. The molecule has 1 aromatic rings. The molecule has 0 heterocycles. The molecule has 0 bridgehead atoms. The highest BCUT2D eigenvalue weighted by atomic mass is 19.4. The van der Waals surface area contributed by atoms with Gasteiger partial charge in [-0.1, -0.05) is 0 Å². The Morgan fingerprint density at radius 2 is 2.06 bits per heavy atom. The largest absolute Gasteiger partial charge is 0.398 e. The Morgan fingerprint density at radius 3 is 2.50 bits per heavy atom. The molecule has 0 aliphatic rings. The summed E-state index contributed by atoms with van der Waals surface area (Å²) in [5.41, 5.74) is 6.73. The van der Waals surface area contributed by atoms with Crippen molar-refractivity contribution in [3.63, 3.8) is 0 Å². The van der Waals surface area contributed by atoms with Crippen LogP contribution in [-0.2, 0) is 0 Å². The molecule has 1 atom stereocenters. The molecule has 0 radical (unpaired) electrons. The van der Waals surface area contributed by atoms with Gasteiger partial charge in [0.1, 0.15) is 0 Å². The zero-order valence-electron chi connectivity index (χ0n) is 10.1. The minimum absolute atomic E-state index is 0.178. The summed E-state index contributed by atoms with van der Waals surface area (Å²) >= 11 is 0. The molecule has 100 valence electrons. The van der Waals surface area contributed by atoms with Crippen molar-refractivity contribution in [3.05, 3.63) is 23.8 Å². The molecule has 0 saturated heterocycles. The first-order chi connectivity index (χ1) is 8.19. The van der Waals surface area contributed by atoms with Crippen LogP contribution in [-0.4, -0.2) is 18.0 Å². The molecule has 0 aliphatic carbocycles. The Hall–Kier alpha value is -1.72. The molecule has 18 heavy (non-hydrogen) atoms. The number of benzene rings is 1. The number of alkyl halides is 3. The zero-order chi connectivity index (χ0) is 13.9. The van der Waals surface area contributed by atoms with Crippen molar-refractivity contribution in [2.45, 2.75) is 32.5 Å². The van der Waals surface area contributed by atoms with Gasteiger partial charge >= 0.3 is 6.18 Å². The zero-order valence-corrected chi connectivity index (χ0v) is 10.1. The number of hydrogen-bond donors (Lipinski definition) is 2. The lowest BCUT2D eigenvalue weighted by Crippen LogP contribution is -2.23. The lowest BCUT2D eigenvalue weighted by Gasteiger charge is -2.17. The Morgan fingerprint density at radius 1 is 1.44 bits per heavy atom. The van der Waals surface area contributed by atoms with E-state index in [0.717, 1.165) is 0 Å². The number of nitrogen functional groups attached to an aromatic ring is 1. The summed E-state index contributed by atoms with van der Waals surface area (Å²) in [7, 11) is 0. The number of carbonyl (C=O) groups is 1. The number of anilines is 2. The maximum Gasteiger partial charge on any atom is 0.391 e. The fourth-order valence-corrected chi connectivity index (χ4v) is 1.66. The van der Waals surface area contributed by atoms with Gasteiger partial charge in [-0.25, -0.2) is 0 Å². The Bertz CT molecular complexity index is 443. The average molecular weight is 260 g/mol. The summed E-state index contributed by atoms with van der Waals surface area (Å²) in [6.45, 7) is 2.81. The highest BCUT2D eigenvalue weighted by molar-refractivity contribution is 5.99. The van der Waals surface area contributed by atoms with E-state index in [1.165, 1.54) is 26.0 Å². The predicted octanol–water partition coefficient (Wildman–Crippen LogP) is 3.22. The van der Waals surface area contributed by atoms with Crippen molar-refractivity contribution in [1.82, 2.24) is 0 Å². The van der Waals surface area contributed by atoms with Gasteiger partial charge in [0.2, 0.25) is 0 Å². The third-order valence-corrected chi connectivity index (χ3v) is 2.38. The van der Waals surface area contributed by atoms with Crippen LogP contribution in [0.25, 0.3) is 0 Å². The van der Waals surface area contributed by atoms with Crippen molar-refractivity contribution in [1.29, 1.82) is 0 Å². The third-order valence-electron chi connectivity index (χ3n) is 2.38. The van der Waals surface area contributed by atoms with E-state index >= 15 is 0 Å². The van der Waals surface area contributed by atoms with Crippen LogP contribution in [0.3, 0.4) is 0 Å². The fraction of sp³-hybridized carbons (Fsp3) is 0.417. The molecule has 0 spiro atoms. The minimum Gasteiger partial charge on any atom is -0.398 e. The lowest BCUT2D eigenvalue weighted by molar-refractivity contribution is -0.136. The monoisotopic (exact) mass is 260 g/mol. The summed E-state index contributed by atoms with van der Waals surface area (Å²) in [4.78, 5) is 11.1. The van der Waals surface area contributed by atoms with Crippen LogP contribution < -0.4 is 11.1 Å². The van der Waals surface area contributed by atoms with Gasteiger partial charge in [0.05, 0.1) is 6.42 Å². The van der Waals surface area contributed by atoms with E-state index in [9.17, 15) is 18.0 Å². The van der Waals surface area contributed by atoms with E-state index in [0.29, 0.717) is 11.3 Å². The summed E-state index contributed by atoms with van der Waals surface area (Å²) in [5.74, 6) is -0.178. The number of nitrogens with one attached hydrogen (secondary N) is 1. The van der Waals surface area contributed by atoms with Gasteiger partial charge in [-0.2, -0.15) is 13.2 Å². The predicted molar refractivity (Wildman–Crippen MR) is 64.6 cm³/mol. The van der Waals surface area contributed by atoms with Crippen LogP contribution in [0.4, 0.5) is 24.5 Å². The van der Waals surface area contributed by atoms with Gasteiger partial charge in [0, 0.05) is 23.0 Å². The highest BCUT2D eigenvalue weighted by Crippen LogP contribution is 2.24. The van der Waals surface area contributed by atoms with Crippen molar-refractivity contribution in [2.24, 2.45) is 0 Å². The SMILES string of the molecule is CC(=O)c1ccc(NC(C)CC(F)(F)F)cc1N. The molecule has 3 nitrogen and oxygen atoms in total. The van der Waals surface area contributed by atoms with Gasteiger partial charge in [-0.3, -0.25) is 4.79 Å². The van der Waals surface area contributed by atoms with Crippen LogP contribution in [0.15, 0.2) is 18.2 Å². The molecule has 0 saturated carbocycles. The molecule has 6 heteroatoms. The van der Waals surface area contributed by atoms with Crippen molar-refractivity contribution < 1.29 is 18.0 Å². The van der Waals surface area contributed by atoms with Gasteiger partial charge in [-0.15, -0.1) is 0 Å². The van der Waals surface area contributed by atoms with Crippen molar-refractivity contribution in [3.8, 4) is 0 Å². The molecule has 1 aromatic carbocycles. The van der Waals surface area contributed by atoms with E-state index in [4.69, 9.17) is 5.73 Å². The number of hydrogen-bond acceptors (Lipinski definition) is 3. The first kappa shape index (κ1) is 14.3. The molecule has 1 unspecified atom stereocenters. The topological polar surface area (TPSA) is 55.1 Å². The summed E-state index contributed by atoms with van der Waals surface area (Å²) in [6, 6.07) is 3.75. The molecular weight excluding hydrogens is 245 g/mol. The maximum absolute atomic E-state index is 12.1. The van der Waals surface area contributed by atoms with Crippen LogP contribution in [0.1, 0.15) is 30.6 Å². The maximum atomic E-state index is 12.1. The summed E-state index contributed by atoms with van der Waals surface area (Å²) < 4.78 is 36.4. The minimum atomic E-state index is -4.21. The van der Waals surface area contributed by atoms with E-state index in [1.54, 1.807) is 6.07 Å². The first-order valence-electron chi connectivity index (χ1n) is 5.43. The second-order valence-electron chi connectivity index (χ2n) is 4.22. The van der Waals surface area contributed by atoms with E-state index in [-0.39, 0.29) is 11.5 Å². The summed E-state index contributed by atoms with van der Waals surface area (Å²) in [6.07, 6.45) is -5.14. The van der Waals surface area contributed by atoms with Gasteiger partial charge < -0.3 is 11.1 Å². The number of Topliss-reactive ketones (excluding diaryl/α,β-unsaturated/α-hetero) is 1. The Labute approximate surface area is 103 Å². The normalized spacial score (nSPS) is 13.2. The van der Waals surface area contributed by atoms with Crippen LogP contribution in [0.2, 0.25) is 0 Å². The van der Waals surface area contributed by atoms with E-state index in [1.807, 2.05) is 0 Å². The average Bonchev–Trinajstić information content (AvgIpc) is 2.13. The molecular formula is C12H15F3N2O. The number of ketones is 1. The molecule has 1 rings (SSSR count). The molecule has 0 aromatic heterocycles. The van der Waals surface area contributed by atoms with Crippen LogP contribution in [0.5, 0.6) is 0 Å². The standard InChI is InChI=1S/C12H15F3N2O/c1-7(6-12(13,14)15)17-9-3-4-10(8(2)18)11(16)5-9/h3-5,7,17H,6,16H2,1-2H3. The number of carbonyl (C=O) groups excluding carboxylic acids is 1. The highest BCUT2D eigenvalue weighted by Gasteiger charge is 2.29. The molecule has 0 amide bonds. The van der Waals surface area contributed by atoms with Crippen LogP contribution in [0, 0.1) is 0 Å². The second-order valence-corrected chi connectivity index (χ2v) is 4.22. The molecule has 0 fully saturated rings. The number of nitrogens with two attached hydrogens (primary N) is 1. The van der Waals surface area contributed by atoms with Crippen molar-refractivity contribution in [2.75, 3.05) is 11.1 Å².